The van der Waals surface area contributed by atoms with Gasteiger partial charge < -0.3 is 10.5 Å². The number of benzene rings is 2. The van der Waals surface area contributed by atoms with Gasteiger partial charge in [0, 0.05) is 16.1 Å². The summed E-state index contributed by atoms with van der Waals surface area (Å²) in [4.78, 5) is 24.8. The minimum Gasteiger partial charge on any atom is -0.435 e. The van der Waals surface area contributed by atoms with Crippen molar-refractivity contribution in [3.63, 3.8) is 0 Å². The number of amides is 1. The first-order valence-corrected chi connectivity index (χ1v) is 9.36. The summed E-state index contributed by atoms with van der Waals surface area (Å²) in [6.07, 6.45) is 2.97. The summed E-state index contributed by atoms with van der Waals surface area (Å²) >= 11 is 3.34. The van der Waals surface area contributed by atoms with Crippen LogP contribution in [0.2, 0.25) is 0 Å². The average molecular weight is 451 g/mol. The number of fused-ring (bicyclic) bond motifs is 1. The normalized spacial score (nSPS) is 10.5. The summed E-state index contributed by atoms with van der Waals surface area (Å²) in [5, 5.41) is 0.927. The molecule has 0 saturated carbocycles. The number of nitrogens with one attached hydrogen (secondary N) is 2. The molecule has 2 aromatic carbocycles. The van der Waals surface area contributed by atoms with Gasteiger partial charge in [0.1, 0.15) is 17.5 Å². The Hall–Kier alpha value is -3.72. The van der Waals surface area contributed by atoms with Crippen molar-refractivity contribution in [1.82, 2.24) is 20.4 Å². The van der Waals surface area contributed by atoms with E-state index in [9.17, 15) is 4.79 Å². The van der Waals surface area contributed by atoms with Crippen molar-refractivity contribution in [2.24, 2.45) is 0 Å². The lowest BCUT2D eigenvalue weighted by Crippen LogP contribution is -2.30. The molecule has 0 saturated heterocycles. The van der Waals surface area contributed by atoms with Crippen molar-refractivity contribution in [2.45, 2.75) is 0 Å². The van der Waals surface area contributed by atoms with Crippen LogP contribution in [-0.2, 0) is 0 Å². The van der Waals surface area contributed by atoms with Crippen LogP contribution in [0.5, 0.6) is 11.6 Å². The van der Waals surface area contributed by atoms with E-state index in [0.717, 1.165) is 5.39 Å². The lowest BCUT2D eigenvalue weighted by atomic mass is 10.2. The quantitative estimate of drug-likeness (QED) is 0.394. The van der Waals surface area contributed by atoms with Crippen LogP contribution in [-0.4, -0.2) is 20.9 Å². The van der Waals surface area contributed by atoms with Gasteiger partial charge in [0.15, 0.2) is 11.6 Å². The first-order valence-electron chi connectivity index (χ1n) is 8.56. The highest BCUT2D eigenvalue weighted by Crippen LogP contribution is 2.32. The number of pyridine rings is 1. The highest BCUT2D eigenvalue weighted by Gasteiger charge is 2.14. The zero-order valence-electron chi connectivity index (χ0n) is 15.0. The Bertz CT molecular complexity index is 1200. The number of carbonyl (C=O) groups excluding carboxylic acids is 1. The maximum absolute atomic E-state index is 12.3. The highest BCUT2D eigenvalue weighted by molar-refractivity contribution is 9.10. The molecule has 0 aliphatic heterocycles. The number of carbonyl (C=O) groups is 1. The standard InChI is InChI=1S/C20H15BrN6O2/c21-14-8-2-1-7-13(14)19(28)27-26-18-16(22)20(25-11-24-18)29-15-9-3-5-12-6-4-10-23-17(12)15/h1-11H,22H2,(H,27,28)(H,24,25,26). The molecule has 4 N–H and O–H groups in total. The van der Waals surface area contributed by atoms with Crippen LogP contribution >= 0.6 is 15.9 Å². The van der Waals surface area contributed by atoms with Crippen LogP contribution in [0.1, 0.15) is 10.4 Å². The fraction of sp³-hybridized carbons (Fsp3) is 0. The molecule has 0 spiro atoms. The molecular formula is C20H15BrN6O2. The van der Waals surface area contributed by atoms with Crippen LogP contribution in [0, 0.1) is 0 Å². The Morgan fingerprint density at radius 3 is 2.69 bits per heavy atom. The summed E-state index contributed by atoms with van der Waals surface area (Å²) in [5.41, 5.74) is 12.7. The molecule has 8 nitrogen and oxygen atoms in total. The third-order valence-corrected chi connectivity index (χ3v) is 4.75. The molecule has 0 aliphatic rings. The summed E-state index contributed by atoms with van der Waals surface area (Å²) in [5.74, 6) is 0.521. The Morgan fingerprint density at radius 2 is 1.83 bits per heavy atom. The molecule has 0 fully saturated rings. The summed E-state index contributed by atoms with van der Waals surface area (Å²) in [6, 6.07) is 16.4. The van der Waals surface area contributed by atoms with Crippen molar-refractivity contribution in [1.29, 1.82) is 0 Å². The van der Waals surface area contributed by atoms with E-state index in [-0.39, 0.29) is 23.3 Å². The fourth-order valence-corrected chi connectivity index (χ4v) is 3.12. The Balaban J connectivity index is 1.55. The predicted octanol–water partition coefficient (Wildman–Crippen LogP) is 3.92. The van der Waals surface area contributed by atoms with Crippen LogP contribution in [0.4, 0.5) is 11.5 Å². The zero-order chi connectivity index (χ0) is 20.2. The van der Waals surface area contributed by atoms with E-state index in [0.29, 0.717) is 21.3 Å². The first kappa shape index (κ1) is 18.6. The SMILES string of the molecule is Nc1c(NNC(=O)c2ccccc2Br)ncnc1Oc1cccc2cccnc12. The van der Waals surface area contributed by atoms with Crippen molar-refractivity contribution >= 4 is 44.2 Å². The molecule has 0 aliphatic carbocycles. The predicted molar refractivity (Wildman–Crippen MR) is 113 cm³/mol. The molecule has 0 atom stereocenters. The van der Waals surface area contributed by atoms with Crippen LogP contribution < -0.4 is 21.3 Å². The molecule has 144 valence electrons. The maximum atomic E-state index is 12.3. The molecule has 0 radical (unpaired) electrons. The number of nitrogens with zero attached hydrogens (tertiary/aromatic N) is 3. The monoisotopic (exact) mass is 450 g/mol. The van der Waals surface area contributed by atoms with Crippen molar-refractivity contribution in [3.8, 4) is 11.6 Å². The van der Waals surface area contributed by atoms with Crippen LogP contribution in [0.3, 0.4) is 0 Å². The van der Waals surface area contributed by atoms with Gasteiger partial charge in [-0.15, -0.1) is 0 Å². The molecule has 9 heteroatoms. The Labute approximate surface area is 174 Å². The van der Waals surface area contributed by atoms with E-state index < -0.39 is 0 Å². The van der Waals surface area contributed by atoms with Crippen molar-refractivity contribution < 1.29 is 9.53 Å². The van der Waals surface area contributed by atoms with E-state index in [2.05, 4.69) is 41.7 Å². The van der Waals surface area contributed by atoms with E-state index in [1.165, 1.54) is 6.33 Å². The number of ether oxygens (including phenoxy) is 1. The van der Waals surface area contributed by atoms with Gasteiger partial charge in [0.25, 0.3) is 5.91 Å². The average Bonchev–Trinajstić information content (AvgIpc) is 2.75. The molecule has 1 amide bonds. The van der Waals surface area contributed by atoms with Gasteiger partial charge in [-0.25, -0.2) is 4.98 Å². The number of hydrazine groups is 1. The number of nitrogen functional groups attached to an aromatic ring is 1. The van der Waals surface area contributed by atoms with Crippen molar-refractivity contribution in [2.75, 3.05) is 11.2 Å². The van der Waals surface area contributed by atoms with Crippen molar-refractivity contribution in [3.05, 3.63) is 77.2 Å². The molecule has 2 heterocycles. The summed E-state index contributed by atoms with van der Waals surface area (Å²) in [6.45, 7) is 0. The number of para-hydroxylation sites is 1. The lowest BCUT2D eigenvalue weighted by molar-refractivity contribution is 0.0961. The molecular weight excluding hydrogens is 436 g/mol. The smallest absolute Gasteiger partial charge is 0.270 e. The number of halogens is 1. The second-order valence-corrected chi connectivity index (χ2v) is 6.79. The lowest BCUT2D eigenvalue weighted by Gasteiger charge is -2.13. The van der Waals surface area contributed by atoms with Gasteiger partial charge in [-0.3, -0.25) is 20.6 Å². The van der Waals surface area contributed by atoms with E-state index in [4.69, 9.17) is 10.5 Å². The van der Waals surface area contributed by atoms with E-state index in [1.54, 1.807) is 30.5 Å². The summed E-state index contributed by atoms with van der Waals surface area (Å²) < 4.78 is 6.54. The summed E-state index contributed by atoms with van der Waals surface area (Å²) in [7, 11) is 0. The number of nitrogens with two attached hydrogens (primary N) is 1. The van der Waals surface area contributed by atoms with Gasteiger partial charge >= 0.3 is 0 Å². The molecule has 0 bridgehead atoms. The molecule has 2 aromatic heterocycles. The zero-order valence-corrected chi connectivity index (χ0v) is 16.6. The Morgan fingerprint density at radius 1 is 1.00 bits per heavy atom. The molecule has 4 rings (SSSR count). The third-order valence-electron chi connectivity index (χ3n) is 4.06. The van der Waals surface area contributed by atoms with E-state index >= 15 is 0 Å². The highest BCUT2D eigenvalue weighted by atomic mass is 79.9. The third kappa shape index (κ3) is 3.94. The molecule has 29 heavy (non-hydrogen) atoms. The number of hydrogen-bond acceptors (Lipinski definition) is 7. The number of hydrogen-bond donors (Lipinski definition) is 3. The fourth-order valence-electron chi connectivity index (χ4n) is 2.65. The number of rotatable bonds is 5. The largest absolute Gasteiger partial charge is 0.435 e. The van der Waals surface area contributed by atoms with Gasteiger partial charge in [-0.1, -0.05) is 30.3 Å². The number of aromatic nitrogens is 3. The van der Waals surface area contributed by atoms with Gasteiger partial charge in [-0.2, -0.15) is 4.98 Å². The van der Waals surface area contributed by atoms with E-state index in [1.807, 2.05) is 30.3 Å². The molecule has 4 aromatic rings. The minimum atomic E-state index is -0.351. The topological polar surface area (TPSA) is 115 Å². The first-order chi connectivity index (χ1) is 14.1. The maximum Gasteiger partial charge on any atom is 0.270 e. The van der Waals surface area contributed by atoms with Crippen LogP contribution in [0.15, 0.2) is 71.6 Å². The Kier molecular flexibility index (Phi) is 5.21. The second kappa shape index (κ2) is 8.11. The molecule has 0 unspecified atom stereocenters. The van der Waals surface area contributed by atoms with Gasteiger partial charge in [0.2, 0.25) is 5.88 Å². The second-order valence-electron chi connectivity index (χ2n) is 5.93. The number of anilines is 2. The van der Waals surface area contributed by atoms with Crippen LogP contribution in [0.25, 0.3) is 10.9 Å². The minimum absolute atomic E-state index is 0.146. The van der Waals surface area contributed by atoms with Gasteiger partial charge in [0.05, 0.1) is 5.56 Å². The van der Waals surface area contributed by atoms with Gasteiger partial charge in [-0.05, 0) is 40.2 Å².